The summed E-state index contributed by atoms with van der Waals surface area (Å²) in [6.07, 6.45) is 3.68. The summed E-state index contributed by atoms with van der Waals surface area (Å²) in [4.78, 5) is 32.2. The number of amides is 2. The standard InChI is InChI=1S/C25H37N3O4/c1-6-26(3)17(2)23(29)27-11-8-25(9-12-27)15-20(25)24(30)28-10-7-18-13-21(31-4)22(32-5)14-19(18)16-28/h13-14,17,20H,6-12,15-16H2,1-5H3. The van der Waals surface area contributed by atoms with E-state index in [9.17, 15) is 9.59 Å². The Kier molecular flexibility index (Phi) is 6.39. The van der Waals surface area contributed by atoms with Crippen LogP contribution in [0.25, 0.3) is 0 Å². The zero-order valence-electron chi connectivity index (χ0n) is 20.1. The summed E-state index contributed by atoms with van der Waals surface area (Å²) in [7, 11) is 5.28. The number of carbonyl (C=O) groups excluding carboxylic acids is 2. The highest BCUT2D eigenvalue weighted by Crippen LogP contribution is 2.60. The number of rotatable bonds is 6. The molecule has 1 saturated carbocycles. The lowest BCUT2D eigenvalue weighted by molar-refractivity contribution is -0.138. The predicted octanol–water partition coefficient (Wildman–Crippen LogP) is 2.56. The highest BCUT2D eigenvalue weighted by Gasteiger charge is 2.59. The van der Waals surface area contributed by atoms with Gasteiger partial charge in [0.1, 0.15) is 0 Å². The molecule has 2 aliphatic heterocycles. The summed E-state index contributed by atoms with van der Waals surface area (Å²) >= 11 is 0. The quantitative estimate of drug-likeness (QED) is 0.676. The Morgan fingerprint density at radius 1 is 1.09 bits per heavy atom. The maximum Gasteiger partial charge on any atom is 0.239 e. The van der Waals surface area contributed by atoms with Crippen molar-refractivity contribution >= 4 is 11.8 Å². The lowest BCUT2D eigenvalue weighted by Crippen LogP contribution is -2.49. The van der Waals surface area contributed by atoms with Gasteiger partial charge in [-0.3, -0.25) is 14.5 Å². The molecule has 2 heterocycles. The monoisotopic (exact) mass is 443 g/mol. The van der Waals surface area contributed by atoms with Crippen LogP contribution in [0.2, 0.25) is 0 Å². The minimum absolute atomic E-state index is 0.0882. The summed E-state index contributed by atoms with van der Waals surface area (Å²) < 4.78 is 10.9. The highest BCUT2D eigenvalue weighted by atomic mass is 16.5. The number of methoxy groups -OCH3 is 2. The molecule has 1 spiro atoms. The van der Waals surface area contributed by atoms with E-state index >= 15 is 0 Å². The van der Waals surface area contributed by atoms with E-state index in [-0.39, 0.29) is 29.2 Å². The zero-order valence-corrected chi connectivity index (χ0v) is 20.1. The molecule has 0 radical (unpaired) electrons. The van der Waals surface area contributed by atoms with E-state index < -0.39 is 0 Å². The molecule has 4 rings (SSSR count). The van der Waals surface area contributed by atoms with E-state index in [2.05, 4.69) is 11.8 Å². The molecule has 1 aromatic rings. The fourth-order valence-corrected chi connectivity index (χ4v) is 5.44. The van der Waals surface area contributed by atoms with Crippen molar-refractivity contribution in [3.05, 3.63) is 23.3 Å². The van der Waals surface area contributed by atoms with Crippen molar-refractivity contribution in [1.82, 2.24) is 14.7 Å². The fraction of sp³-hybridized carbons (Fsp3) is 0.680. The summed E-state index contributed by atoms with van der Waals surface area (Å²) in [5, 5.41) is 0. The van der Waals surface area contributed by atoms with E-state index in [0.29, 0.717) is 12.3 Å². The summed E-state index contributed by atoms with van der Waals surface area (Å²) in [6.45, 7) is 7.83. The van der Waals surface area contributed by atoms with Crippen molar-refractivity contribution in [2.75, 3.05) is 47.4 Å². The third-order valence-corrected chi connectivity index (χ3v) is 8.11. The number of hydrogen-bond acceptors (Lipinski definition) is 5. The number of piperidine rings is 1. The minimum Gasteiger partial charge on any atom is -0.493 e. The van der Waals surface area contributed by atoms with Crippen molar-refractivity contribution in [2.45, 2.75) is 52.1 Å². The average Bonchev–Trinajstić information content (AvgIpc) is 3.53. The van der Waals surface area contributed by atoms with Gasteiger partial charge in [0.15, 0.2) is 11.5 Å². The Bertz CT molecular complexity index is 878. The maximum absolute atomic E-state index is 13.4. The van der Waals surface area contributed by atoms with Crippen LogP contribution in [0, 0.1) is 11.3 Å². The summed E-state index contributed by atoms with van der Waals surface area (Å²) in [6, 6.07) is 3.96. The first-order valence-electron chi connectivity index (χ1n) is 11.8. The van der Waals surface area contributed by atoms with Crippen molar-refractivity contribution in [1.29, 1.82) is 0 Å². The Morgan fingerprint density at radius 3 is 2.31 bits per heavy atom. The van der Waals surface area contributed by atoms with Gasteiger partial charge < -0.3 is 19.3 Å². The molecule has 2 unspecified atom stereocenters. The van der Waals surface area contributed by atoms with Crippen LogP contribution >= 0.6 is 0 Å². The van der Waals surface area contributed by atoms with Gasteiger partial charge in [0.05, 0.1) is 20.3 Å². The molecule has 0 bridgehead atoms. The van der Waals surface area contributed by atoms with Gasteiger partial charge in [-0.15, -0.1) is 0 Å². The molecule has 176 valence electrons. The van der Waals surface area contributed by atoms with Gasteiger partial charge in [0.25, 0.3) is 0 Å². The van der Waals surface area contributed by atoms with Crippen LogP contribution in [-0.4, -0.2) is 80.0 Å². The second-order valence-electron chi connectivity index (χ2n) is 9.68. The largest absolute Gasteiger partial charge is 0.493 e. The van der Waals surface area contributed by atoms with Gasteiger partial charge in [-0.05, 0) is 74.9 Å². The number of benzene rings is 1. The van der Waals surface area contributed by atoms with Crippen LogP contribution in [0.15, 0.2) is 12.1 Å². The van der Waals surface area contributed by atoms with Gasteiger partial charge >= 0.3 is 0 Å². The van der Waals surface area contributed by atoms with E-state index in [1.165, 1.54) is 5.56 Å². The van der Waals surface area contributed by atoms with Crippen LogP contribution in [0.3, 0.4) is 0 Å². The number of likely N-dealkylation sites (N-methyl/N-ethyl adjacent to an activating group) is 1. The number of nitrogens with zero attached hydrogens (tertiary/aromatic N) is 3. The van der Waals surface area contributed by atoms with E-state index in [4.69, 9.17) is 9.47 Å². The molecule has 1 aromatic carbocycles. The van der Waals surface area contributed by atoms with Gasteiger partial charge in [-0.1, -0.05) is 6.92 Å². The molecule has 7 nitrogen and oxygen atoms in total. The molecule has 2 fully saturated rings. The van der Waals surface area contributed by atoms with Gasteiger partial charge in [0, 0.05) is 32.1 Å². The second-order valence-corrected chi connectivity index (χ2v) is 9.68. The van der Waals surface area contributed by atoms with Crippen LogP contribution < -0.4 is 9.47 Å². The SMILES string of the molecule is CCN(C)C(C)C(=O)N1CCC2(CC1)CC2C(=O)N1CCc2cc(OC)c(OC)cc2C1. The number of hydrogen-bond donors (Lipinski definition) is 0. The highest BCUT2D eigenvalue weighted by molar-refractivity contribution is 5.84. The van der Waals surface area contributed by atoms with Crippen molar-refractivity contribution in [2.24, 2.45) is 11.3 Å². The Labute approximate surface area is 191 Å². The molecule has 1 aliphatic carbocycles. The molecular weight excluding hydrogens is 406 g/mol. The molecule has 1 saturated heterocycles. The summed E-state index contributed by atoms with van der Waals surface area (Å²) in [5.74, 6) is 2.06. The number of ether oxygens (including phenoxy) is 2. The Balaban J connectivity index is 1.35. The van der Waals surface area contributed by atoms with Crippen LogP contribution in [0.5, 0.6) is 11.5 Å². The normalized spacial score (nSPS) is 22.5. The Morgan fingerprint density at radius 2 is 1.72 bits per heavy atom. The minimum atomic E-state index is -0.0882. The van der Waals surface area contributed by atoms with Gasteiger partial charge in [-0.25, -0.2) is 0 Å². The van der Waals surface area contributed by atoms with Crippen LogP contribution in [0.4, 0.5) is 0 Å². The maximum atomic E-state index is 13.4. The van der Waals surface area contributed by atoms with Gasteiger partial charge in [-0.2, -0.15) is 0 Å². The first-order valence-corrected chi connectivity index (χ1v) is 11.8. The summed E-state index contributed by atoms with van der Waals surface area (Å²) in [5.41, 5.74) is 2.48. The molecular formula is C25H37N3O4. The number of fused-ring (bicyclic) bond motifs is 1. The lowest BCUT2D eigenvalue weighted by Gasteiger charge is -2.36. The molecule has 0 N–H and O–H groups in total. The third-order valence-electron chi connectivity index (χ3n) is 8.11. The molecule has 2 amide bonds. The van der Waals surface area contributed by atoms with E-state index in [0.717, 1.165) is 63.2 Å². The topological polar surface area (TPSA) is 62.3 Å². The lowest BCUT2D eigenvalue weighted by atomic mass is 9.89. The number of carbonyl (C=O) groups is 2. The van der Waals surface area contributed by atoms with Crippen LogP contribution in [-0.2, 0) is 22.6 Å². The van der Waals surface area contributed by atoms with Crippen molar-refractivity contribution < 1.29 is 19.1 Å². The smallest absolute Gasteiger partial charge is 0.239 e. The molecule has 7 heteroatoms. The third kappa shape index (κ3) is 4.07. The fourth-order valence-electron chi connectivity index (χ4n) is 5.44. The average molecular weight is 444 g/mol. The van der Waals surface area contributed by atoms with Gasteiger partial charge in [0.2, 0.25) is 11.8 Å². The molecule has 32 heavy (non-hydrogen) atoms. The first-order chi connectivity index (χ1) is 15.3. The Hall–Kier alpha value is -2.28. The molecule has 0 aromatic heterocycles. The van der Waals surface area contributed by atoms with Crippen LogP contribution in [0.1, 0.15) is 44.2 Å². The molecule has 3 aliphatic rings. The van der Waals surface area contributed by atoms with E-state index in [1.807, 2.05) is 35.9 Å². The number of likely N-dealkylation sites (tertiary alicyclic amines) is 1. The predicted molar refractivity (Wildman–Crippen MR) is 123 cm³/mol. The first kappa shape index (κ1) is 22.9. The second kappa shape index (κ2) is 8.93. The van der Waals surface area contributed by atoms with Crippen molar-refractivity contribution in [3.8, 4) is 11.5 Å². The van der Waals surface area contributed by atoms with E-state index in [1.54, 1.807) is 14.2 Å². The zero-order chi connectivity index (χ0) is 23.0. The van der Waals surface area contributed by atoms with Crippen molar-refractivity contribution in [3.63, 3.8) is 0 Å². The molecule has 2 atom stereocenters.